The van der Waals surface area contributed by atoms with Crippen LogP contribution < -0.4 is 10.1 Å². The second kappa shape index (κ2) is 7.45. The zero-order valence-corrected chi connectivity index (χ0v) is 14.1. The third-order valence-electron chi connectivity index (χ3n) is 3.69. The maximum absolute atomic E-state index is 13.4. The average molecular weight is 343 g/mol. The van der Waals surface area contributed by atoms with Crippen LogP contribution in [0.1, 0.15) is 12.5 Å². The molecule has 5 heteroatoms. The number of benzene rings is 2. The summed E-state index contributed by atoms with van der Waals surface area (Å²) in [6.45, 7) is 1.75. The van der Waals surface area contributed by atoms with Gasteiger partial charge in [0.2, 0.25) is 0 Å². The van der Waals surface area contributed by atoms with Crippen molar-refractivity contribution in [1.82, 2.24) is 5.32 Å². The van der Waals surface area contributed by atoms with Gasteiger partial charge in [0.05, 0.1) is 0 Å². The highest BCUT2D eigenvalue weighted by atomic mass is 32.1. The molecule has 0 aliphatic heterocycles. The van der Waals surface area contributed by atoms with Crippen LogP contribution in [0.2, 0.25) is 0 Å². The van der Waals surface area contributed by atoms with Gasteiger partial charge in [-0.25, -0.2) is 4.39 Å². The number of hydrogen-bond acceptors (Lipinski definition) is 3. The minimum absolute atomic E-state index is 0.0280. The summed E-state index contributed by atoms with van der Waals surface area (Å²) >= 11 is 1.70. The van der Waals surface area contributed by atoms with Gasteiger partial charge in [0.15, 0.2) is 18.2 Å². The number of para-hydroxylation sites is 1. The summed E-state index contributed by atoms with van der Waals surface area (Å²) in [6, 6.07) is 14.3. The van der Waals surface area contributed by atoms with Gasteiger partial charge in [-0.3, -0.25) is 4.79 Å². The SMILES string of the molecule is CC(Cc1csc2ccccc12)NC(=O)COc1ccccc1F. The molecule has 0 saturated carbocycles. The van der Waals surface area contributed by atoms with Crippen molar-refractivity contribution < 1.29 is 13.9 Å². The number of amides is 1. The minimum atomic E-state index is -0.469. The number of nitrogens with one attached hydrogen (secondary N) is 1. The first-order valence-electron chi connectivity index (χ1n) is 7.75. The fraction of sp³-hybridized carbons (Fsp3) is 0.211. The molecule has 124 valence electrons. The van der Waals surface area contributed by atoms with Crippen molar-refractivity contribution in [2.24, 2.45) is 0 Å². The van der Waals surface area contributed by atoms with Gasteiger partial charge in [0, 0.05) is 10.7 Å². The molecule has 3 nitrogen and oxygen atoms in total. The second-order valence-electron chi connectivity index (χ2n) is 5.65. The molecular formula is C19H18FNO2S. The first-order chi connectivity index (χ1) is 11.6. The van der Waals surface area contributed by atoms with Crippen molar-refractivity contribution in [3.05, 3.63) is 65.3 Å². The number of fused-ring (bicyclic) bond motifs is 1. The van der Waals surface area contributed by atoms with E-state index in [4.69, 9.17) is 4.74 Å². The zero-order chi connectivity index (χ0) is 16.9. The molecule has 3 aromatic rings. The highest BCUT2D eigenvalue weighted by molar-refractivity contribution is 7.17. The van der Waals surface area contributed by atoms with E-state index in [-0.39, 0.29) is 24.3 Å². The first kappa shape index (κ1) is 16.5. The molecule has 2 aromatic carbocycles. The number of hydrogen-bond donors (Lipinski definition) is 1. The highest BCUT2D eigenvalue weighted by Crippen LogP contribution is 2.26. The summed E-state index contributed by atoms with van der Waals surface area (Å²) < 4.78 is 19.9. The smallest absolute Gasteiger partial charge is 0.258 e. The van der Waals surface area contributed by atoms with Crippen molar-refractivity contribution in [2.75, 3.05) is 6.61 Å². The molecule has 0 spiro atoms. The van der Waals surface area contributed by atoms with E-state index in [0.717, 1.165) is 6.42 Å². The molecule has 0 aliphatic rings. The molecule has 1 heterocycles. The Bertz CT molecular complexity index is 846. The minimum Gasteiger partial charge on any atom is -0.481 e. The summed E-state index contributed by atoms with van der Waals surface area (Å²) in [5, 5.41) is 6.25. The van der Waals surface area contributed by atoms with E-state index in [0.29, 0.717) is 0 Å². The highest BCUT2D eigenvalue weighted by Gasteiger charge is 2.12. The number of rotatable bonds is 6. The van der Waals surface area contributed by atoms with Crippen LogP contribution in [0.5, 0.6) is 5.75 Å². The molecule has 0 saturated heterocycles. The summed E-state index contributed by atoms with van der Waals surface area (Å²) in [4.78, 5) is 12.0. The van der Waals surface area contributed by atoms with Crippen molar-refractivity contribution in [3.63, 3.8) is 0 Å². The van der Waals surface area contributed by atoms with Gasteiger partial charge in [-0.2, -0.15) is 0 Å². The van der Waals surface area contributed by atoms with E-state index >= 15 is 0 Å². The monoisotopic (exact) mass is 343 g/mol. The Morgan fingerprint density at radius 3 is 2.79 bits per heavy atom. The van der Waals surface area contributed by atoms with Crippen LogP contribution in [0.4, 0.5) is 4.39 Å². The Morgan fingerprint density at radius 2 is 1.96 bits per heavy atom. The first-order valence-corrected chi connectivity index (χ1v) is 8.63. The molecule has 24 heavy (non-hydrogen) atoms. The van der Waals surface area contributed by atoms with Crippen LogP contribution >= 0.6 is 11.3 Å². The van der Waals surface area contributed by atoms with Gasteiger partial charge >= 0.3 is 0 Å². The van der Waals surface area contributed by atoms with Crippen LogP contribution in [-0.2, 0) is 11.2 Å². The van der Waals surface area contributed by atoms with E-state index in [1.807, 2.05) is 19.1 Å². The predicted molar refractivity (Wildman–Crippen MR) is 95.0 cm³/mol. The Balaban J connectivity index is 1.54. The van der Waals surface area contributed by atoms with Gasteiger partial charge in [-0.05, 0) is 47.9 Å². The lowest BCUT2D eigenvalue weighted by Crippen LogP contribution is -2.37. The van der Waals surface area contributed by atoms with E-state index in [2.05, 4.69) is 22.8 Å². The molecule has 0 fully saturated rings. The van der Waals surface area contributed by atoms with Crippen LogP contribution in [0.3, 0.4) is 0 Å². The van der Waals surface area contributed by atoms with Crippen molar-refractivity contribution in [2.45, 2.75) is 19.4 Å². The second-order valence-corrected chi connectivity index (χ2v) is 6.56. The standard InChI is InChI=1S/C19H18FNO2S/c1-13(10-14-12-24-18-9-5-2-6-15(14)18)21-19(22)11-23-17-8-4-3-7-16(17)20/h2-9,12-13H,10-11H2,1H3,(H,21,22). The largest absolute Gasteiger partial charge is 0.481 e. The van der Waals surface area contributed by atoms with Gasteiger partial charge in [0.1, 0.15) is 0 Å². The van der Waals surface area contributed by atoms with E-state index in [9.17, 15) is 9.18 Å². The maximum atomic E-state index is 13.4. The molecule has 0 radical (unpaired) electrons. The lowest BCUT2D eigenvalue weighted by molar-refractivity contribution is -0.123. The fourth-order valence-corrected chi connectivity index (χ4v) is 3.57. The molecule has 0 bridgehead atoms. The van der Waals surface area contributed by atoms with Crippen molar-refractivity contribution >= 4 is 27.3 Å². The Kier molecular flexibility index (Phi) is 5.11. The number of carbonyl (C=O) groups is 1. The average Bonchev–Trinajstić information content (AvgIpc) is 2.97. The lowest BCUT2D eigenvalue weighted by Gasteiger charge is -2.14. The van der Waals surface area contributed by atoms with Crippen molar-refractivity contribution in [1.29, 1.82) is 0 Å². The Morgan fingerprint density at radius 1 is 1.21 bits per heavy atom. The molecule has 1 aromatic heterocycles. The number of ether oxygens (including phenoxy) is 1. The fourth-order valence-electron chi connectivity index (χ4n) is 2.59. The van der Waals surface area contributed by atoms with Crippen LogP contribution in [0, 0.1) is 5.82 Å². The Labute approximate surface area is 144 Å². The maximum Gasteiger partial charge on any atom is 0.258 e. The molecule has 1 N–H and O–H groups in total. The van der Waals surface area contributed by atoms with Crippen LogP contribution in [0.25, 0.3) is 10.1 Å². The molecular weight excluding hydrogens is 325 g/mol. The van der Waals surface area contributed by atoms with E-state index in [1.54, 1.807) is 23.5 Å². The molecule has 3 rings (SSSR count). The van der Waals surface area contributed by atoms with Gasteiger partial charge in [-0.1, -0.05) is 30.3 Å². The molecule has 1 unspecified atom stereocenters. The Hall–Kier alpha value is -2.40. The van der Waals surface area contributed by atoms with Crippen LogP contribution in [0.15, 0.2) is 53.9 Å². The molecule has 1 atom stereocenters. The van der Waals surface area contributed by atoms with Gasteiger partial charge in [-0.15, -0.1) is 11.3 Å². The van der Waals surface area contributed by atoms with E-state index in [1.165, 1.54) is 27.8 Å². The molecule has 0 aliphatic carbocycles. The summed E-state index contributed by atoms with van der Waals surface area (Å²) in [5.41, 5.74) is 1.22. The third kappa shape index (κ3) is 3.92. The molecule has 1 amide bonds. The summed E-state index contributed by atoms with van der Waals surface area (Å²) in [5.74, 6) is -0.641. The number of thiophene rings is 1. The normalized spacial score (nSPS) is 12.1. The third-order valence-corrected chi connectivity index (χ3v) is 4.70. The number of carbonyl (C=O) groups excluding carboxylic acids is 1. The zero-order valence-electron chi connectivity index (χ0n) is 13.3. The quantitative estimate of drug-likeness (QED) is 0.730. The topological polar surface area (TPSA) is 38.3 Å². The van der Waals surface area contributed by atoms with Crippen molar-refractivity contribution in [3.8, 4) is 5.75 Å². The van der Waals surface area contributed by atoms with E-state index < -0.39 is 5.82 Å². The summed E-state index contributed by atoms with van der Waals surface area (Å²) in [7, 11) is 0. The summed E-state index contributed by atoms with van der Waals surface area (Å²) in [6.07, 6.45) is 0.745. The predicted octanol–water partition coefficient (Wildman–Crippen LogP) is 4.17. The van der Waals surface area contributed by atoms with Crippen LogP contribution in [-0.4, -0.2) is 18.6 Å². The lowest BCUT2D eigenvalue weighted by atomic mass is 10.1. The number of halogens is 1. The van der Waals surface area contributed by atoms with Gasteiger partial charge < -0.3 is 10.1 Å². The van der Waals surface area contributed by atoms with Gasteiger partial charge in [0.25, 0.3) is 5.91 Å².